The summed E-state index contributed by atoms with van der Waals surface area (Å²) in [5, 5.41) is 3.45. The Morgan fingerprint density at radius 2 is 1.89 bits per heavy atom. The van der Waals surface area contributed by atoms with E-state index in [0.717, 1.165) is 24.9 Å². The van der Waals surface area contributed by atoms with Gasteiger partial charge in [-0.1, -0.05) is 32.9 Å². The van der Waals surface area contributed by atoms with Crippen LogP contribution in [0.4, 0.5) is 4.39 Å². The van der Waals surface area contributed by atoms with Crippen molar-refractivity contribution in [2.75, 3.05) is 13.7 Å². The first-order valence-corrected chi connectivity index (χ1v) is 7.09. The molecule has 0 heterocycles. The van der Waals surface area contributed by atoms with Crippen LogP contribution in [0.5, 0.6) is 0 Å². The van der Waals surface area contributed by atoms with Crippen LogP contribution in [0.2, 0.25) is 0 Å². The van der Waals surface area contributed by atoms with E-state index in [1.807, 2.05) is 12.1 Å². The first-order valence-electron chi connectivity index (χ1n) is 7.09. The van der Waals surface area contributed by atoms with E-state index in [0.29, 0.717) is 5.56 Å². The number of halogens is 1. The molecule has 0 bridgehead atoms. The van der Waals surface area contributed by atoms with E-state index in [1.54, 1.807) is 20.1 Å². The van der Waals surface area contributed by atoms with Crippen LogP contribution in [0.3, 0.4) is 0 Å². The number of hydrogen-bond donors (Lipinski definition) is 1. The third-order valence-electron chi connectivity index (χ3n) is 4.07. The highest BCUT2D eigenvalue weighted by molar-refractivity contribution is 5.28. The normalized spacial score (nSPS) is 13.6. The van der Waals surface area contributed by atoms with E-state index in [9.17, 15) is 4.39 Å². The number of ether oxygens (including phenoxy) is 1. The lowest BCUT2D eigenvalue weighted by molar-refractivity contribution is -0.0482. The molecule has 0 saturated heterocycles. The Bertz CT molecular complexity index is 393. The van der Waals surface area contributed by atoms with Gasteiger partial charge in [-0.2, -0.15) is 0 Å². The summed E-state index contributed by atoms with van der Waals surface area (Å²) < 4.78 is 19.6. The fourth-order valence-electron chi connectivity index (χ4n) is 2.67. The quantitative estimate of drug-likeness (QED) is 0.806. The molecule has 2 nitrogen and oxygen atoms in total. The molecule has 1 atom stereocenters. The largest absolute Gasteiger partial charge is 0.376 e. The van der Waals surface area contributed by atoms with Crippen LogP contribution in [0.25, 0.3) is 0 Å². The number of hydrogen-bond acceptors (Lipinski definition) is 2. The zero-order valence-electron chi connectivity index (χ0n) is 12.7. The summed E-state index contributed by atoms with van der Waals surface area (Å²) in [6.07, 6.45) is 1.76. The van der Waals surface area contributed by atoms with Gasteiger partial charge in [-0.3, -0.25) is 0 Å². The molecule has 1 unspecified atom stereocenters. The molecule has 1 aromatic rings. The number of methoxy groups -OCH3 is 1. The van der Waals surface area contributed by atoms with E-state index in [1.165, 1.54) is 0 Å². The molecule has 0 spiro atoms. The molecule has 3 heteroatoms. The van der Waals surface area contributed by atoms with Crippen LogP contribution in [0.15, 0.2) is 18.2 Å². The summed E-state index contributed by atoms with van der Waals surface area (Å²) in [4.78, 5) is 0. The number of rotatable bonds is 7. The summed E-state index contributed by atoms with van der Waals surface area (Å²) in [5.41, 5.74) is 1.34. The minimum absolute atomic E-state index is 0.00704. The van der Waals surface area contributed by atoms with E-state index >= 15 is 0 Å². The Kier molecular flexibility index (Phi) is 5.95. The molecule has 0 saturated carbocycles. The summed E-state index contributed by atoms with van der Waals surface area (Å²) in [6, 6.07) is 5.46. The van der Waals surface area contributed by atoms with Crippen molar-refractivity contribution in [3.63, 3.8) is 0 Å². The number of benzene rings is 1. The molecule has 19 heavy (non-hydrogen) atoms. The lowest BCUT2D eigenvalue weighted by atomic mass is 9.83. The molecule has 0 aliphatic heterocycles. The molecule has 0 radical (unpaired) electrons. The molecule has 0 fully saturated rings. The smallest absolute Gasteiger partial charge is 0.126 e. The minimum Gasteiger partial charge on any atom is -0.376 e. The molecule has 108 valence electrons. The highest BCUT2D eigenvalue weighted by atomic mass is 19.1. The fraction of sp³-hybridized carbons (Fsp3) is 0.625. The second-order valence-corrected chi connectivity index (χ2v) is 4.98. The Labute approximate surface area is 116 Å². The Morgan fingerprint density at radius 3 is 2.32 bits per heavy atom. The van der Waals surface area contributed by atoms with Gasteiger partial charge in [-0.25, -0.2) is 4.39 Å². The minimum atomic E-state index is -0.294. The van der Waals surface area contributed by atoms with Crippen LogP contribution in [0, 0.1) is 12.7 Å². The molecule has 0 aromatic heterocycles. The molecule has 1 N–H and O–H groups in total. The van der Waals surface area contributed by atoms with Gasteiger partial charge in [0.25, 0.3) is 0 Å². The van der Waals surface area contributed by atoms with Gasteiger partial charge >= 0.3 is 0 Å². The van der Waals surface area contributed by atoms with Crippen LogP contribution in [0.1, 0.15) is 50.8 Å². The van der Waals surface area contributed by atoms with Gasteiger partial charge in [0.15, 0.2) is 0 Å². The van der Waals surface area contributed by atoms with Crippen molar-refractivity contribution in [3.05, 3.63) is 35.1 Å². The van der Waals surface area contributed by atoms with Gasteiger partial charge in [0.05, 0.1) is 11.6 Å². The maximum atomic E-state index is 13.8. The summed E-state index contributed by atoms with van der Waals surface area (Å²) in [7, 11) is 1.74. The second-order valence-electron chi connectivity index (χ2n) is 4.98. The SMILES string of the molecule is CCNC(c1ccc(C)c(F)c1)C(CC)(CC)OC. The first-order chi connectivity index (χ1) is 9.04. The Balaban J connectivity index is 3.21. The van der Waals surface area contributed by atoms with E-state index in [4.69, 9.17) is 4.74 Å². The Morgan fingerprint density at radius 1 is 1.26 bits per heavy atom. The van der Waals surface area contributed by atoms with Crippen LogP contribution in [-0.2, 0) is 4.74 Å². The number of nitrogens with one attached hydrogen (secondary N) is 1. The second kappa shape index (κ2) is 7.01. The predicted molar refractivity (Wildman–Crippen MR) is 77.9 cm³/mol. The van der Waals surface area contributed by atoms with Gasteiger partial charge in [0, 0.05) is 7.11 Å². The summed E-state index contributed by atoms with van der Waals surface area (Å²) in [5.74, 6) is -0.155. The van der Waals surface area contributed by atoms with Crippen molar-refractivity contribution >= 4 is 0 Å². The maximum absolute atomic E-state index is 13.8. The molecule has 0 amide bonds. The Hall–Kier alpha value is -0.930. The summed E-state index contributed by atoms with van der Waals surface area (Å²) in [6.45, 7) is 8.89. The highest BCUT2D eigenvalue weighted by Gasteiger charge is 2.36. The van der Waals surface area contributed by atoms with Crippen LogP contribution >= 0.6 is 0 Å². The van der Waals surface area contributed by atoms with Crippen molar-refractivity contribution in [2.24, 2.45) is 0 Å². The monoisotopic (exact) mass is 267 g/mol. The third kappa shape index (κ3) is 3.34. The molecule has 1 aromatic carbocycles. The van der Waals surface area contributed by atoms with Crippen molar-refractivity contribution in [1.29, 1.82) is 0 Å². The van der Waals surface area contributed by atoms with Crippen molar-refractivity contribution < 1.29 is 9.13 Å². The average molecular weight is 267 g/mol. The van der Waals surface area contributed by atoms with E-state index in [2.05, 4.69) is 26.1 Å². The van der Waals surface area contributed by atoms with Gasteiger partial charge in [0.1, 0.15) is 5.82 Å². The fourth-order valence-corrected chi connectivity index (χ4v) is 2.67. The van der Waals surface area contributed by atoms with Crippen LogP contribution < -0.4 is 5.32 Å². The standard InChI is InChI=1S/C16H26FNO/c1-6-16(7-2,19-5)15(18-8-3)13-10-9-12(4)14(17)11-13/h9-11,15,18H,6-8H2,1-5H3. The predicted octanol–water partition coefficient (Wildman–Crippen LogP) is 3.99. The first kappa shape index (κ1) is 16.1. The highest BCUT2D eigenvalue weighted by Crippen LogP contribution is 2.35. The van der Waals surface area contributed by atoms with Crippen molar-refractivity contribution in [1.82, 2.24) is 5.32 Å². The van der Waals surface area contributed by atoms with Crippen molar-refractivity contribution in [2.45, 2.75) is 52.2 Å². The molecule has 1 rings (SSSR count). The van der Waals surface area contributed by atoms with Gasteiger partial charge in [-0.05, 0) is 43.5 Å². The van der Waals surface area contributed by atoms with Gasteiger partial charge in [0.2, 0.25) is 0 Å². The van der Waals surface area contributed by atoms with Crippen molar-refractivity contribution in [3.8, 4) is 0 Å². The molecule has 0 aliphatic rings. The average Bonchev–Trinajstić information content (AvgIpc) is 2.43. The lowest BCUT2D eigenvalue weighted by Gasteiger charge is -2.39. The number of aryl methyl sites for hydroxylation is 1. The van der Waals surface area contributed by atoms with Gasteiger partial charge < -0.3 is 10.1 Å². The van der Waals surface area contributed by atoms with E-state index < -0.39 is 0 Å². The zero-order valence-corrected chi connectivity index (χ0v) is 12.7. The van der Waals surface area contributed by atoms with Crippen LogP contribution in [-0.4, -0.2) is 19.3 Å². The maximum Gasteiger partial charge on any atom is 0.126 e. The topological polar surface area (TPSA) is 21.3 Å². The zero-order chi connectivity index (χ0) is 14.5. The van der Waals surface area contributed by atoms with Gasteiger partial charge in [-0.15, -0.1) is 0 Å². The molecular weight excluding hydrogens is 241 g/mol. The lowest BCUT2D eigenvalue weighted by Crippen LogP contribution is -2.44. The third-order valence-corrected chi connectivity index (χ3v) is 4.07. The molecule has 0 aliphatic carbocycles. The molecular formula is C16H26FNO. The summed E-state index contributed by atoms with van der Waals surface area (Å²) >= 11 is 0. The number of likely N-dealkylation sites (N-methyl/N-ethyl adjacent to an activating group) is 1. The van der Waals surface area contributed by atoms with E-state index in [-0.39, 0.29) is 17.5 Å².